The molecule has 62 valence electrons. The van der Waals surface area contributed by atoms with Crippen LogP contribution in [0.4, 0.5) is 0 Å². The van der Waals surface area contributed by atoms with Crippen LogP contribution in [0.1, 0.15) is 6.42 Å². The Labute approximate surface area is 64.8 Å². The quantitative estimate of drug-likeness (QED) is 0.406. The molecule has 1 heterocycles. The van der Waals surface area contributed by atoms with E-state index in [0.717, 1.165) is 6.08 Å². The number of ether oxygens (including phenoxy) is 2. The van der Waals surface area contributed by atoms with Crippen LogP contribution < -0.4 is 0 Å². The van der Waals surface area contributed by atoms with Gasteiger partial charge in [0.25, 0.3) is 0 Å². The molecule has 0 aromatic carbocycles. The molecule has 0 unspecified atom stereocenters. The third-order valence-corrected chi connectivity index (χ3v) is 0.937. The molecule has 0 bridgehead atoms. The third kappa shape index (κ3) is 5.14. The van der Waals surface area contributed by atoms with Crippen LogP contribution in [0.15, 0.2) is 12.7 Å². The van der Waals surface area contributed by atoms with Gasteiger partial charge in [-0.25, -0.2) is 4.79 Å². The highest BCUT2D eigenvalue weighted by Crippen LogP contribution is 1.97. The minimum Gasteiger partial charge on any atom is -0.466 e. The van der Waals surface area contributed by atoms with E-state index in [0.29, 0.717) is 13.0 Å². The van der Waals surface area contributed by atoms with Crippen LogP contribution in [0.2, 0.25) is 0 Å². The summed E-state index contributed by atoms with van der Waals surface area (Å²) >= 11 is 0. The minimum absolute atomic E-state index is 0.0648. The molecule has 1 rings (SSSR count). The van der Waals surface area contributed by atoms with E-state index >= 15 is 0 Å². The van der Waals surface area contributed by atoms with Crippen molar-refractivity contribution in [2.45, 2.75) is 6.42 Å². The second-order valence-electron chi connectivity index (χ2n) is 1.70. The van der Waals surface area contributed by atoms with Gasteiger partial charge in [0.1, 0.15) is 6.61 Å². The van der Waals surface area contributed by atoms with Crippen molar-refractivity contribution < 1.29 is 19.1 Å². The molecule has 0 atom stereocenters. The van der Waals surface area contributed by atoms with Crippen molar-refractivity contribution >= 4 is 11.9 Å². The van der Waals surface area contributed by atoms with Crippen molar-refractivity contribution in [3.8, 4) is 0 Å². The Kier molecular flexibility index (Phi) is 4.81. The predicted molar refractivity (Wildman–Crippen MR) is 37.8 cm³/mol. The number of cyclic esters (lactones) is 1. The Morgan fingerprint density at radius 3 is 2.27 bits per heavy atom. The first-order valence-corrected chi connectivity index (χ1v) is 3.06. The van der Waals surface area contributed by atoms with Gasteiger partial charge in [0, 0.05) is 6.08 Å². The van der Waals surface area contributed by atoms with Gasteiger partial charge in [-0.15, -0.1) is 0 Å². The highest BCUT2D eigenvalue weighted by atomic mass is 16.6. The zero-order chi connectivity index (χ0) is 8.69. The number of carbonyl (C=O) groups excluding carboxylic acids is 2. The molecule has 0 aromatic heterocycles. The molecule has 0 radical (unpaired) electrons. The highest BCUT2D eigenvalue weighted by molar-refractivity contribution is 5.80. The summed E-state index contributed by atoms with van der Waals surface area (Å²) in [6, 6.07) is 0. The molecule has 0 aliphatic carbocycles. The fourth-order valence-corrected chi connectivity index (χ4v) is 0.269. The van der Waals surface area contributed by atoms with E-state index in [2.05, 4.69) is 16.1 Å². The molecular weight excluding hydrogens is 148 g/mol. The number of methoxy groups -OCH3 is 1. The predicted octanol–water partition coefficient (Wildman–Crippen LogP) is 0.279. The first kappa shape index (κ1) is 9.68. The van der Waals surface area contributed by atoms with Crippen molar-refractivity contribution in [3.63, 3.8) is 0 Å². The molecule has 0 amide bonds. The molecule has 4 heteroatoms. The zero-order valence-corrected chi connectivity index (χ0v) is 6.33. The van der Waals surface area contributed by atoms with Gasteiger partial charge < -0.3 is 9.47 Å². The maximum Gasteiger partial charge on any atom is 0.329 e. The van der Waals surface area contributed by atoms with Gasteiger partial charge in [-0.1, -0.05) is 6.58 Å². The minimum atomic E-state index is -0.394. The van der Waals surface area contributed by atoms with Gasteiger partial charge in [-0.05, 0) is 0 Å². The normalized spacial score (nSPS) is 13.0. The van der Waals surface area contributed by atoms with Crippen LogP contribution in [0, 0.1) is 0 Å². The van der Waals surface area contributed by atoms with Crippen LogP contribution >= 0.6 is 0 Å². The fourth-order valence-electron chi connectivity index (χ4n) is 0.269. The van der Waals surface area contributed by atoms with Crippen LogP contribution in [0.5, 0.6) is 0 Å². The van der Waals surface area contributed by atoms with E-state index in [9.17, 15) is 9.59 Å². The summed E-state index contributed by atoms with van der Waals surface area (Å²) in [5, 5.41) is 0. The zero-order valence-electron chi connectivity index (χ0n) is 6.33. The Balaban J connectivity index is 0.000000183. The lowest BCUT2D eigenvalue weighted by Gasteiger charge is -2.09. The van der Waals surface area contributed by atoms with Crippen molar-refractivity contribution in [1.82, 2.24) is 0 Å². The largest absolute Gasteiger partial charge is 0.466 e. The van der Waals surface area contributed by atoms with E-state index in [1.54, 1.807) is 0 Å². The molecule has 0 aromatic rings. The van der Waals surface area contributed by atoms with Crippen LogP contribution in [0.3, 0.4) is 0 Å². The highest BCUT2D eigenvalue weighted by Gasteiger charge is 2.10. The lowest BCUT2D eigenvalue weighted by atomic mass is 10.4. The topological polar surface area (TPSA) is 52.6 Å². The standard InChI is InChI=1S/C4H6O2.C3H4O2/c1-3-4(5)6-2;4-3-1-2-5-3/h3H,1H2,2H3;1-2H2. The van der Waals surface area contributed by atoms with Crippen molar-refractivity contribution in [1.29, 1.82) is 0 Å². The molecule has 0 spiro atoms. The third-order valence-electron chi connectivity index (χ3n) is 0.937. The Hall–Kier alpha value is -1.32. The summed E-state index contributed by atoms with van der Waals surface area (Å²) in [6.07, 6.45) is 1.74. The maximum absolute atomic E-state index is 9.84. The first-order valence-electron chi connectivity index (χ1n) is 3.06. The molecule has 4 nitrogen and oxygen atoms in total. The van der Waals surface area contributed by atoms with E-state index in [4.69, 9.17) is 0 Å². The number of rotatable bonds is 1. The summed E-state index contributed by atoms with van der Waals surface area (Å²) in [6.45, 7) is 3.79. The van der Waals surface area contributed by atoms with Gasteiger partial charge in [-0.2, -0.15) is 0 Å². The van der Waals surface area contributed by atoms with Crippen molar-refractivity contribution in [2.75, 3.05) is 13.7 Å². The van der Waals surface area contributed by atoms with Crippen LogP contribution in [-0.4, -0.2) is 25.7 Å². The monoisotopic (exact) mass is 158 g/mol. The van der Waals surface area contributed by atoms with Gasteiger partial charge >= 0.3 is 11.9 Å². The molecule has 11 heavy (non-hydrogen) atoms. The lowest BCUT2D eigenvalue weighted by molar-refractivity contribution is -0.157. The summed E-state index contributed by atoms with van der Waals surface area (Å²) in [4.78, 5) is 19.5. The van der Waals surface area contributed by atoms with E-state index in [1.165, 1.54) is 7.11 Å². The summed E-state index contributed by atoms with van der Waals surface area (Å²) in [5.74, 6) is -0.458. The molecule has 1 aliphatic heterocycles. The molecule has 0 saturated carbocycles. The Bertz CT molecular complexity index is 156. The SMILES string of the molecule is C=CC(=O)OC.O=C1CCO1. The van der Waals surface area contributed by atoms with E-state index < -0.39 is 5.97 Å². The van der Waals surface area contributed by atoms with Crippen LogP contribution in [-0.2, 0) is 19.1 Å². The average molecular weight is 158 g/mol. The summed E-state index contributed by atoms with van der Waals surface area (Å²) in [7, 11) is 1.31. The molecular formula is C7H10O4. The Morgan fingerprint density at radius 2 is 2.27 bits per heavy atom. The maximum atomic E-state index is 9.84. The summed E-state index contributed by atoms with van der Waals surface area (Å²) in [5.41, 5.74) is 0. The molecule has 1 fully saturated rings. The van der Waals surface area contributed by atoms with Gasteiger partial charge in [0.05, 0.1) is 13.5 Å². The number of esters is 2. The molecule has 0 N–H and O–H groups in total. The second-order valence-corrected chi connectivity index (χ2v) is 1.70. The van der Waals surface area contributed by atoms with E-state index in [-0.39, 0.29) is 5.97 Å². The van der Waals surface area contributed by atoms with E-state index in [1.807, 2.05) is 0 Å². The first-order chi connectivity index (χ1) is 5.20. The van der Waals surface area contributed by atoms with Crippen molar-refractivity contribution in [3.05, 3.63) is 12.7 Å². The smallest absolute Gasteiger partial charge is 0.329 e. The fraction of sp³-hybridized carbons (Fsp3) is 0.429. The van der Waals surface area contributed by atoms with Gasteiger partial charge in [0.2, 0.25) is 0 Å². The second kappa shape index (κ2) is 5.46. The lowest BCUT2D eigenvalue weighted by Crippen LogP contribution is -2.18. The average Bonchev–Trinajstić information content (AvgIpc) is 2.00. The summed E-state index contributed by atoms with van der Waals surface area (Å²) < 4.78 is 8.43. The van der Waals surface area contributed by atoms with Crippen LogP contribution in [0.25, 0.3) is 0 Å². The Morgan fingerprint density at radius 1 is 1.82 bits per heavy atom. The van der Waals surface area contributed by atoms with Gasteiger partial charge in [-0.3, -0.25) is 4.79 Å². The van der Waals surface area contributed by atoms with Gasteiger partial charge in [0.15, 0.2) is 0 Å². The number of carbonyl (C=O) groups is 2. The number of hydrogen-bond donors (Lipinski definition) is 0. The van der Waals surface area contributed by atoms with Crippen molar-refractivity contribution in [2.24, 2.45) is 0 Å². The molecule has 1 saturated heterocycles. The number of hydrogen-bond acceptors (Lipinski definition) is 4. The molecule has 1 aliphatic rings.